The molecule has 0 radical (unpaired) electrons. The first kappa shape index (κ1) is 22.1. The normalized spacial score (nSPS) is 13.7. The summed E-state index contributed by atoms with van der Waals surface area (Å²) in [6.45, 7) is 7.44. The molecule has 0 aliphatic rings. The van der Waals surface area contributed by atoms with Gasteiger partial charge in [0.05, 0.1) is 17.6 Å². The fraction of sp³-hybridized carbons (Fsp3) is 0.364. The van der Waals surface area contributed by atoms with Crippen LogP contribution in [0.25, 0.3) is 6.08 Å². The van der Waals surface area contributed by atoms with Gasteiger partial charge in [-0.05, 0) is 74.2 Å². The average Bonchev–Trinajstić information content (AvgIpc) is 2.62. The largest absolute Gasteiger partial charge is 0.485 e. The van der Waals surface area contributed by atoms with Crippen molar-refractivity contribution in [1.82, 2.24) is 0 Å². The highest BCUT2D eigenvalue weighted by atomic mass is 32.2. The van der Waals surface area contributed by atoms with Crippen molar-refractivity contribution in [3.63, 3.8) is 0 Å². The van der Waals surface area contributed by atoms with Gasteiger partial charge in [-0.1, -0.05) is 24.3 Å². The number of aliphatic hydroxyl groups is 2. The van der Waals surface area contributed by atoms with Crippen LogP contribution in [0.5, 0.6) is 5.75 Å². The number of aryl methyl sites for hydroxylation is 2. The highest BCUT2D eigenvalue weighted by molar-refractivity contribution is 7.90. The molecule has 5 nitrogen and oxygen atoms in total. The maximum Gasteiger partial charge on any atom is 0.175 e. The van der Waals surface area contributed by atoms with E-state index in [-0.39, 0.29) is 11.5 Å². The van der Waals surface area contributed by atoms with E-state index in [1.54, 1.807) is 18.2 Å². The van der Waals surface area contributed by atoms with Gasteiger partial charge in [-0.3, -0.25) is 0 Å². The molecule has 2 rings (SSSR count). The summed E-state index contributed by atoms with van der Waals surface area (Å²) in [5.41, 5.74) is 2.74. The van der Waals surface area contributed by atoms with Crippen LogP contribution >= 0.6 is 0 Å². The first-order chi connectivity index (χ1) is 12.9. The molecule has 0 bridgehead atoms. The SMILES string of the molecule is Cc1cc(/C=C/C(O)c2ccc(S(C)(=O)=O)cc2)cc(C)c1OC(C)(C)CO. The van der Waals surface area contributed by atoms with Crippen LogP contribution in [0, 0.1) is 13.8 Å². The molecule has 0 aliphatic carbocycles. The van der Waals surface area contributed by atoms with Crippen LogP contribution in [0.15, 0.2) is 47.4 Å². The molecule has 0 saturated heterocycles. The third kappa shape index (κ3) is 5.67. The van der Waals surface area contributed by atoms with Crippen LogP contribution in [-0.4, -0.2) is 37.1 Å². The van der Waals surface area contributed by atoms with E-state index < -0.39 is 21.5 Å². The molecule has 2 N–H and O–H groups in total. The molecule has 0 fully saturated rings. The lowest BCUT2D eigenvalue weighted by atomic mass is 10.0. The topological polar surface area (TPSA) is 83.8 Å². The lowest BCUT2D eigenvalue weighted by molar-refractivity contribution is 0.0401. The van der Waals surface area contributed by atoms with Gasteiger partial charge in [0, 0.05) is 6.26 Å². The van der Waals surface area contributed by atoms with E-state index in [1.165, 1.54) is 12.1 Å². The van der Waals surface area contributed by atoms with E-state index in [2.05, 4.69) is 0 Å². The van der Waals surface area contributed by atoms with Gasteiger partial charge in [0.25, 0.3) is 0 Å². The molecule has 0 aromatic heterocycles. The Bertz CT molecular complexity index is 934. The summed E-state index contributed by atoms with van der Waals surface area (Å²) >= 11 is 0. The molecule has 0 saturated carbocycles. The Morgan fingerprint density at radius 1 is 1.11 bits per heavy atom. The Kier molecular flexibility index (Phi) is 6.70. The van der Waals surface area contributed by atoms with Gasteiger partial charge >= 0.3 is 0 Å². The Balaban J connectivity index is 2.19. The monoisotopic (exact) mass is 404 g/mol. The minimum atomic E-state index is -3.26. The molecule has 0 aliphatic heterocycles. The summed E-state index contributed by atoms with van der Waals surface area (Å²) in [7, 11) is -3.26. The summed E-state index contributed by atoms with van der Waals surface area (Å²) in [6, 6.07) is 10.1. The first-order valence-corrected chi connectivity index (χ1v) is 10.9. The molecule has 28 heavy (non-hydrogen) atoms. The van der Waals surface area contributed by atoms with Crippen LogP contribution in [0.4, 0.5) is 0 Å². The molecule has 1 atom stereocenters. The van der Waals surface area contributed by atoms with Crippen molar-refractivity contribution in [3.8, 4) is 5.75 Å². The standard InChI is InChI=1S/C22H28O5S/c1-15-12-17(13-16(2)21(15)27-22(3,4)14-23)6-11-20(24)18-7-9-19(10-8-18)28(5,25)26/h6-13,20,23-24H,14H2,1-5H3/b11-6+. The van der Waals surface area contributed by atoms with Crippen molar-refractivity contribution >= 4 is 15.9 Å². The number of ether oxygens (including phenoxy) is 1. The van der Waals surface area contributed by atoms with Crippen LogP contribution in [0.1, 0.15) is 42.2 Å². The van der Waals surface area contributed by atoms with Gasteiger partial charge in [-0.25, -0.2) is 8.42 Å². The summed E-state index contributed by atoms with van der Waals surface area (Å²) in [4.78, 5) is 0.222. The minimum absolute atomic E-state index is 0.0855. The van der Waals surface area contributed by atoms with E-state index in [0.717, 1.165) is 28.7 Å². The van der Waals surface area contributed by atoms with E-state index in [0.29, 0.717) is 5.56 Å². The van der Waals surface area contributed by atoms with Gasteiger partial charge in [0.2, 0.25) is 0 Å². The van der Waals surface area contributed by atoms with Crippen molar-refractivity contribution in [3.05, 3.63) is 64.7 Å². The smallest absolute Gasteiger partial charge is 0.175 e. The van der Waals surface area contributed by atoms with Gasteiger partial charge in [0.15, 0.2) is 9.84 Å². The number of rotatable bonds is 7. The zero-order valence-electron chi connectivity index (χ0n) is 16.9. The van der Waals surface area contributed by atoms with Gasteiger partial charge in [0.1, 0.15) is 11.4 Å². The predicted octanol–water partition coefficient (Wildman–Crippen LogP) is 3.60. The summed E-state index contributed by atoms with van der Waals surface area (Å²) in [6.07, 6.45) is 3.77. The quantitative estimate of drug-likeness (QED) is 0.737. The van der Waals surface area contributed by atoms with Crippen molar-refractivity contribution < 1.29 is 23.4 Å². The minimum Gasteiger partial charge on any atom is -0.485 e. The third-order valence-electron chi connectivity index (χ3n) is 4.36. The molecule has 2 aromatic carbocycles. The fourth-order valence-corrected chi connectivity index (χ4v) is 3.41. The van der Waals surface area contributed by atoms with Crippen molar-refractivity contribution in [1.29, 1.82) is 0 Å². The van der Waals surface area contributed by atoms with E-state index in [4.69, 9.17) is 4.74 Å². The van der Waals surface area contributed by atoms with Crippen LogP contribution in [0.2, 0.25) is 0 Å². The van der Waals surface area contributed by atoms with Crippen LogP contribution in [0.3, 0.4) is 0 Å². The fourth-order valence-electron chi connectivity index (χ4n) is 2.78. The summed E-state index contributed by atoms with van der Waals surface area (Å²) in [5.74, 6) is 0.744. The molecule has 1 unspecified atom stereocenters. The second-order valence-electron chi connectivity index (χ2n) is 7.65. The highest BCUT2D eigenvalue weighted by Gasteiger charge is 2.20. The van der Waals surface area contributed by atoms with Crippen molar-refractivity contribution in [2.24, 2.45) is 0 Å². The molecular weight excluding hydrogens is 376 g/mol. The van der Waals surface area contributed by atoms with Crippen LogP contribution < -0.4 is 4.74 Å². The Labute approximate surface area is 167 Å². The van der Waals surface area contributed by atoms with E-state index >= 15 is 0 Å². The Morgan fingerprint density at radius 3 is 2.11 bits per heavy atom. The Hall–Kier alpha value is -2.15. The summed E-state index contributed by atoms with van der Waals surface area (Å²) in [5, 5.41) is 19.8. The number of benzene rings is 2. The second-order valence-corrected chi connectivity index (χ2v) is 9.66. The molecule has 152 valence electrons. The third-order valence-corrected chi connectivity index (χ3v) is 5.49. The van der Waals surface area contributed by atoms with Gasteiger partial charge < -0.3 is 14.9 Å². The molecule has 0 spiro atoms. The average molecular weight is 405 g/mol. The van der Waals surface area contributed by atoms with Gasteiger partial charge in [-0.15, -0.1) is 0 Å². The molecule has 0 heterocycles. The molecule has 0 amide bonds. The number of hydrogen-bond donors (Lipinski definition) is 2. The van der Waals surface area contributed by atoms with Crippen molar-refractivity contribution in [2.75, 3.05) is 12.9 Å². The maximum absolute atomic E-state index is 11.5. The second kappa shape index (κ2) is 8.47. The number of hydrogen-bond acceptors (Lipinski definition) is 5. The first-order valence-electron chi connectivity index (χ1n) is 9.00. The Morgan fingerprint density at radius 2 is 1.64 bits per heavy atom. The van der Waals surface area contributed by atoms with Gasteiger partial charge in [-0.2, -0.15) is 0 Å². The molecule has 6 heteroatoms. The lowest BCUT2D eigenvalue weighted by Crippen LogP contribution is -2.33. The highest BCUT2D eigenvalue weighted by Crippen LogP contribution is 2.29. The zero-order valence-corrected chi connectivity index (χ0v) is 17.7. The number of sulfone groups is 1. The number of aliphatic hydroxyl groups excluding tert-OH is 2. The zero-order chi connectivity index (χ0) is 21.1. The molecular formula is C22H28O5S. The lowest BCUT2D eigenvalue weighted by Gasteiger charge is -2.26. The van der Waals surface area contributed by atoms with E-state index in [9.17, 15) is 18.6 Å². The summed E-state index contributed by atoms with van der Waals surface area (Å²) < 4.78 is 29.0. The predicted molar refractivity (Wildman–Crippen MR) is 111 cm³/mol. The molecule has 2 aromatic rings. The maximum atomic E-state index is 11.5. The van der Waals surface area contributed by atoms with Crippen molar-refractivity contribution in [2.45, 2.75) is 44.3 Å². The van der Waals surface area contributed by atoms with E-state index in [1.807, 2.05) is 45.9 Å². The van der Waals surface area contributed by atoms with Crippen LogP contribution in [-0.2, 0) is 9.84 Å².